The third-order valence-electron chi connectivity index (χ3n) is 5.55. The van der Waals surface area contributed by atoms with Crippen molar-refractivity contribution in [2.75, 3.05) is 6.61 Å². The molecule has 3 aromatic rings. The number of thiophene rings is 1. The average Bonchev–Trinajstić information content (AvgIpc) is 3.32. The van der Waals surface area contributed by atoms with E-state index in [9.17, 15) is 23.1 Å². The lowest BCUT2D eigenvalue weighted by Crippen LogP contribution is -2.46. The van der Waals surface area contributed by atoms with Crippen LogP contribution in [0.1, 0.15) is 34.6 Å². The first-order valence-corrected chi connectivity index (χ1v) is 12.5. The molecule has 32 heavy (non-hydrogen) atoms. The Morgan fingerprint density at radius 2 is 1.66 bits per heavy atom. The molecular formula is C24H23NO5S2. The van der Waals surface area contributed by atoms with Gasteiger partial charge in [0.25, 0.3) is 0 Å². The number of fused-ring (bicyclic) bond motifs is 1. The summed E-state index contributed by atoms with van der Waals surface area (Å²) in [5.41, 5.74) is 1.99. The smallest absolute Gasteiger partial charge is 0.245 e. The molecule has 1 unspecified atom stereocenters. The fraction of sp³-hybridized carbons (Fsp3) is 0.250. The monoisotopic (exact) mass is 469 g/mol. The van der Waals surface area contributed by atoms with Crippen molar-refractivity contribution in [1.82, 2.24) is 4.31 Å². The second kappa shape index (κ2) is 8.71. The third-order valence-corrected chi connectivity index (χ3v) is 8.74. The Morgan fingerprint density at radius 1 is 1.03 bits per heavy atom. The Kier molecular flexibility index (Phi) is 6.13. The predicted molar refractivity (Wildman–Crippen MR) is 123 cm³/mol. The molecule has 0 amide bonds. The number of nitrogens with zero attached hydrogens (tertiary/aromatic N) is 1. The van der Waals surface area contributed by atoms with Crippen LogP contribution in [0, 0.1) is 5.92 Å². The Bertz CT molecular complexity index is 1260. The number of aliphatic hydroxyl groups is 1. The fourth-order valence-corrected chi connectivity index (χ4v) is 7.47. The molecule has 2 aromatic carbocycles. The number of carbonyl (C=O) groups is 2. The molecule has 1 aliphatic rings. The number of rotatable bonds is 7. The predicted octanol–water partition coefficient (Wildman–Crippen LogP) is 3.74. The number of hydrogen-bond acceptors (Lipinski definition) is 6. The number of carbonyl (C=O) groups excluding carboxylic acids is 2. The maximum absolute atomic E-state index is 13.1. The molecule has 0 bridgehead atoms. The summed E-state index contributed by atoms with van der Waals surface area (Å²) in [6.45, 7) is 2.96. The maximum atomic E-state index is 13.1. The molecule has 2 heterocycles. The molecule has 0 saturated heterocycles. The molecule has 0 aliphatic carbocycles. The van der Waals surface area contributed by atoms with Crippen molar-refractivity contribution in [2.24, 2.45) is 5.92 Å². The summed E-state index contributed by atoms with van der Waals surface area (Å²) in [5.74, 6) is -0.831. The van der Waals surface area contributed by atoms with E-state index in [0.717, 1.165) is 10.4 Å². The van der Waals surface area contributed by atoms with Gasteiger partial charge in [-0.25, -0.2) is 8.42 Å². The zero-order valence-corrected chi connectivity index (χ0v) is 19.3. The largest absolute Gasteiger partial charge is 0.389 e. The van der Waals surface area contributed by atoms with E-state index in [1.807, 2.05) is 30.3 Å². The Hall–Kier alpha value is -2.65. The first-order valence-electron chi connectivity index (χ1n) is 10.2. The summed E-state index contributed by atoms with van der Waals surface area (Å²) in [6, 6.07) is 16.9. The summed E-state index contributed by atoms with van der Waals surface area (Å²) >= 11 is 1.36. The number of aliphatic hydroxyl groups excluding tert-OH is 1. The first kappa shape index (κ1) is 22.5. The lowest BCUT2D eigenvalue weighted by atomic mass is 10.0. The summed E-state index contributed by atoms with van der Waals surface area (Å²) in [4.78, 5) is 26.5. The van der Waals surface area contributed by atoms with E-state index >= 15 is 0 Å². The van der Waals surface area contributed by atoms with Crippen molar-refractivity contribution in [3.05, 3.63) is 76.7 Å². The molecule has 1 N–H and O–H groups in total. The van der Waals surface area contributed by atoms with E-state index < -0.39 is 28.5 Å². The van der Waals surface area contributed by atoms with E-state index in [0.29, 0.717) is 16.0 Å². The molecule has 8 heteroatoms. The van der Waals surface area contributed by atoms with Gasteiger partial charge in [0.05, 0.1) is 17.5 Å². The van der Waals surface area contributed by atoms with E-state index in [-0.39, 0.29) is 23.1 Å². The Morgan fingerprint density at radius 3 is 2.22 bits per heavy atom. The fourth-order valence-electron chi connectivity index (χ4n) is 3.98. The number of Topliss-reactive ketones (excluding diaryl/α,β-unsaturated/α-hetero) is 1. The van der Waals surface area contributed by atoms with Crippen LogP contribution in [0.2, 0.25) is 0 Å². The number of hydrogen-bond donors (Lipinski definition) is 1. The zero-order chi connectivity index (χ0) is 23.0. The van der Waals surface area contributed by atoms with Gasteiger partial charge in [0.1, 0.15) is 6.61 Å². The summed E-state index contributed by atoms with van der Waals surface area (Å²) < 4.78 is 27.5. The van der Waals surface area contributed by atoms with Gasteiger partial charge in [-0.2, -0.15) is 4.31 Å². The highest BCUT2D eigenvalue weighted by molar-refractivity contribution is 7.89. The third kappa shape index (κ3) is 3.95. The van der Waals surface area contributed by atoms with E-state index in [1.54, 1.807) is 44.2 Å². The number of ketones is 2. The van der Waals surface area contributed by atoms with Crippen LogP contribution in [0.25, 0.3) is 10.4 Å². The Balaban J connectivity index is 1.60. The van der Waals surface area contributed by atoms with Gasteiger partial charge in [-0.05, 0) is 17.5 Å². The standard InChI is InChI=1S/C24H23NO5S2/c1-15(2)23(19(27)14-26)25-13-21-22(32(25,29)30)12-20(31-21)16-8-10-18(11-9-16)24(28)17-6-4-3-5-7-17/h3-12,15,23,26H,13-14H2,1-2H3. The molecular weight excluding hydrogens is 446 g/mol. The molecule has 0 radical (unpaired) electrons. The Labute approximate surface area is 191 Å². The minimum absolute atomic E-state index is 0.0719. The summed E-state index contributed by atoms with van der Waals surface area (Å²) in [7, 11) is -3.83. The van der Waals surface area contributed by atoms with Gasteiger partial charge in [-0.3, -0.25) is 9.59 Å². The van der Waals surface area contributed by atoms with Crippen LogP contribution < -0.4 is 0 Å². The molecule has 1 aliphatic heterocycles. The minimum atomic E-state index is -3.83. The second-order valence-corrected chi connectivity index (χ2v) is 11.0. The topological polar surface area (TPSA) is 91.8 Å². The second-order valence-electron chi connectivity index (χ2n) is 8.03. The quantitative estimate of drug-likeness (QED) is 0.532. The molecule has 166 valence electrons. The first-order chi connectivity index (χ1) is 15.2. The molecule has 0 spiro atoms. The average molecular weight is 470 g/mol. The van der Waals surface area contributed by atoms with E-state index in [2.05, 4.69) is 0 Å². The highest BCUT2D eigenvalue weighted by Gasteiger charge is 2.44. The molecule has 4 rings (SSSR count). The van der Waals surface area contributed by atoms with E-state index in [1.165, 1.54) is 15.6 Å². The van der Waals surface area contributed by atoms with Crippen LogP contribution in [0.4, 0.5) is 0 Å². The van der Waals surface area contributed by atoms with Gasteiger partial charge in [-0.15, -0.1) is 11.3 Å². The van der Waals surface area contributed by atoms with Gasteiger partial charge >= 0.3 is 0 Å². The van der Waals surface area contributed by atoms with Crippen molar-refractivity contribution in [3.63, 3.8) is 0 Å². The van der Waals surface area contributed by atoms with Crippen molar-refractivity contribution in [2.45, 2.75) is 31.3 Å². The van der Waals surface area contributed by atoms with Crippen molar-refractivity contribution < 1.29 is 23.1 Å². The lowest BCUT2D eigenvalue weighted by molar-refractivity contribution is -0.126. The van der Waals surface area contributed by atoms with Crippen LogP contribution in [-0.4, -0.2) is 42.0 Å². The van der Waals surface area contributed by atoms with Crippen LogP contribution in [0.3, 0.4) is 0 Å². The zero-order valence-electron chi connectivity index (χ0n) is 17.7. The van der Waals surface area contributed by atoms with Crippen LogP contribution in [-0.2, 0) is 21.4 Å². The highest BCUT2D eigenvalue weighted by atomic mass is 32.2. The maximum Gasteiger partial charge on any atom is 0.245 e. The van der Waals surface area contributed by atoms with Crippen molar-refractivity contribution >= 4 is 32.9 Å². The van der Waals surface area contributed by atoms with Crippen LogP contribution >= 0.6 is 11.3 Å². The van der Waals surface area contributed by atoms with Crippen LogP contribution in [0.15, 0.2) is 65.6 Å². The van der Waals surface area contributed by atoms with Gasteiger partial charge in [0, 0.05) is 20.9 Å². The van der Waals surface area contributed by atoms with Crippen LogP contribution in [0.5, 0.6) is 0 Å². The number of sulfonamides is 1. The lowest BCUT2D eigenvalue weighted by Gasteiger charge is -2.27. The minimum Gasteiger partial charge on any atom is -0.389 e. The molecule has 0 saturated carbocycles. The van der Waals surface area contributed by atoms with Crippen molar-refractivity contribution in [3.8, 4) is 10.4 Å². The molecule has 0 fully saturated rings. The summed E-state index contributed by atoms with van der Waals surface area (Å²) in [5, 5.41) is 9.29. The number of benzene rings is 2. The summed E-state index contributed by atoms with van der Waals surface area (Å²) in [6.07, 6.45) is 0. The molecule has 1 aromatic heterocycles. The molecule has 6 nitrogen and oxygen atoms in total. The normalized spacial score (nSPS) is 16.1. The van der Waals surface area contributed by atoms with Gasteiger partial charge < -0.3 is 5.11 Å². The van der Waals surface area contributed by atoms with Gasteiger partial charge in [-0.1, -0.05) is 68.4 Å². The van der Waals surface area contributed by atoms with Gasteiger partial charge in [0.15, 0.2) is 11.6 Å². The molecule has 1 atom stereocenters. The van der Waals surface area contributed by atoms with E-state index in [4.69, 9.17) is 0 Å². The SMILES string of the molecule is CC(C)C(C(=O)CO)N1Cc2sc(-c3ccc(C(=O)c4ccccc4)cc3)cc2S1(=O)=O. The highest BCUT2D eigenvalue weighted by Crippen LogP contribution is 2.42. The van der Waals surface area contributed by atoms with Crippen molar-refractivity contribution in [1.29, 1.82) is 0 Å². The van der Waals surface area contributed by atoms with Gasteiger partial charge in [0.2, 0.25) is 10.0 Å².